The van der Waals surface area contributed by atoms with Gasteiger partial charge in [-0.3, -0.25) is 14.9 Å². The number of nitrogens with one attached hydrogen (secondary N) is 1. The first-order valence-electron chi connectivity index (χ1n) is 2.07. The fraction of sp³-hybridized carbons (Fsp3) is 0.250. The molecule has 0 aromatic carbocycles. The molecule has 0 aliphatic carbocycles. The predicted octanol–water partition coefficient (Wildman–Crippen LogP) is -0.597. The van der Waals surface area contributed by atoms with Crippen LogP contribution in [0.3, 0.4) is 0 Å². The molecule has 1 fully saturated rings. The maximum atomic E-state index is 10.3. The van der Waals surface area contributed by atoms with Crippen molar-refractivity contribution in [1.82, 2.24) is 5.32 Å². The highest BCUT2D eigenvalue weighted by atomic mass is 32.1. The molecule has 1 N–H and O–H groups in total. The SMILES string of the molecule is O=C1CC(=S)C(=O)N1. The lowest BCUT2D eigenvalue weighted by atomic mass is 10.4. The zero-order valence-corrected chi connectivity index (χ0v) is 4.75. The zero-order valence-electron chi connectivity index (χ0n) is 3.93. The second-order valence-electron chi connectivity index (χ2n) is 1.48. The van der Waals surface area contributed by atoms with Crippen molar-refractivity contribution < 1.29 is 9.59 Å². The molecule has 0 bridgehead atoms. The molecule has 1 heterocycles. The van der Waals surface area contributed by atoms with Crippen molar-refractivity contribution in [3.63, 3.8) is 0 Å². The van der Waals surface area contributed by atoms with Crippen molar-refractivity contribution in [3.8, 4) is 0 Å². The van der Waals surface area contributed by atoms with Gasteiger partial charge in [0.1, 0.15) is 0 Å². The van der Waals surface area contributed by atoms with E-state index in [9.17, 15) is 9.59 Å². The number of rotatable bonds is 0. The van der Waals surface area contributed by atoms with Crippen LogP contribution in [0, 0.1) is 0 Å². The lowest BCUT2D eigenvalue weighted by molar-refractivity contribution is -0.123. The molecule has 0 unspecified atom stereocenters. The lowest BCUT2D eigenvalue weighted by Gasteiger charge is -1.79. The third kappa shape index (κ3) is 0.742. The summed E-state index contributed by atoms with van der Waals surface area (Å²) in [5.41, 5.74) is 0. The second kappa shape index (κ2) is 1.63. The molecule has 42 valence electrons. The summed E-state index contributed by atoms with van der Waals surface area (Å²) >= 11 is 4.49. The molecule has 1 rings (SSSR count). The van der Waals surface area contributed by atoms with Gasteiger partial charge in [-0.05, 0) is 0 Å². The molecule has 8 heavy (non-hydrogen) atoms. The van der Waals surface area contributed by atoms with Crippen molar-refractivity contribution in [2.75, 3.05) is 0 Å². The molecule has 1 aliphatic heterocycles. The fourth-order valence-corrected chi connectivity index (χ4v) is 0.649. The Bertz CT molecular complexity index is 157. The highest BCUT2D eigenvalue weighted by Gasteiger charge is 2.22. The third-order valence-electron chi connectivity index (χ3n) is 0.827. The van der Waals surface area contributed by atoms with Crippen molar-refractivity contribution in [3.05, 3.63) is 0 Å². The van der Waals surface area contributed by atoms with Gasteiger partial charge in [0, 0.05) is 0 Å². The quantitative estimate of drug-likeness (QED) is 0.351. The molecule has 0 aromatic heterocycles. The van der Waals surface area contributed by atoms with Gasteiger partial charge >= 0.3 is 0 Å². The molecule has 1 aliphatic rings. The Hall–Kier alpha value is -0.770. The molecule has 0 aromatic rings. The highest BCUT2D eigenvalue weighted by molar-refractivity contribution is 7.82. The van der Waals surface area contributed by atoms with Crippen LogP contribution < -0.4 is 5.32 Å². The van der Waals surface area contributed by atoms with Crippen LogP contribution in [0.5, 0.6) is 0 Å². The van der Waals surface area contributed by atoms with Crippen molar-refractivity contribution >= 4 is 28.9 Å². The van der Waals surface area contributed by atoms with E-state index < -0.39 is 5.91 Å². The van der Waals surface area contributed by atoms with Crippen LogP contribution in [-0.2, 0) is 9.59 Å². The number of carbonyl (C=O) groups is 2. The molecule has 0 saturated carbocycles. The fourth-order valence-electron chi connectivity index (χ4n) is 0.467. The molecule has 4 heteroatoms. The van der Waals surface area contributed by atoms with Gasteiger partial charge in [0.2, 0.25) is 5.91 Å². The first-order chi connectivity index (χ1) is 3.70. The summed E-state index contributed by atoms with van der Waals surface area (Å²) in [5.74, 6) is -0.704. The Kier molecular flexibility index (Phi) is 1.09. The van der Waals surface area contributed by atoms with E-state index in [1.54, 1.807) is 0 Å². The number of hydrogen-bond acceptors (Lipinski definition) is 3. The first kappa shape index (κ1) is 5.37. The van der Waals surface area contributed by atoms with E-state index in [1.165, 1.54) is 0 Å². The van der Waals surface area contributed by atoms with E-state index in [0.29, 0.717) is 0 Å². The topological polar surface area (TPSA) is 46.2 Å². The van der Waals surface area contributed by atoms with Gasteiger partial charge < -0.3 is 0 Å². The van der Waals surface area contributed by atoms with Crippen LogP contribution in [0.4, 0.5) is 0 Å². The Morgan fingerprint density at radius 1 is 1.50 bits per heavy atom. The van der Waals surface area contributed by atoms with Gasteiger partial charge in [0.05, 0.1) is 11.3 Å². The first-order valence-corrected chi connectivity index (χ1v) is 2.48. The summed E-state index contributed by atoms with van der Waals surface area (Å²) in [4.78, 5) is 20.7. The van der Waals surface area contributed by atoms with Gasteiger partial charge in [-0.25, -0.2) is 0 Å². The number of carbonyl (C=O) groups excluding carboxylic acids is 2. The van der Waals surface area contributed by atoms with Crippen LogP contribution in [-0.4, -0.2) is 16.7 Å². The summed E-state index contributed by atoms with van der Waals surface area (Å²) in [6.07, 6.45) is 0.0914. The average Bonchev–Trinajstić information content (AvgIpc) is 1.85. The molecule has 2 amide bonds. The maximum absolute atomic E-state index is 10.3. The Morgan fingerprint density at radius 2 is 2.12 bits per heavy atom. The molecule has 0 atom stereocenters. The largest absolute Gasteiger partial charge is 0.292 e. The van der Waals surface area contributed by atoms with Crippen LogP contribution in [0.1, 0.15) is 6.42 Å². The smallest absolute Gasteiger partial charge is 0.265 e. The van der Waals surface area contributed by atoms with Crippen molar-refractivity contribution in [1.29, 1.82) is 0 Å². The minimum atomic E-state index is -0.412. The van der Waals surface area contributed by atoms with Crippen molar-refractivity contribution in [2.45, 2.75) is 6.42 Å². The Balaban J connectivity index is 2.79. The summed E-state index contributed by atoms with van der Waals surface area (Å²) in [6, 6.07) is 0. The maximum Gasteiger partial charge on any atom is 0.265 e. The predicted molar refractivity (Wildman–Crippen MR) is 30.4 cm³/mol. The van der Waals surface area contributed by atoms with Crippen molar-refractivity contribution in [2.24, 2.45) is 0 Å². The van der Waals surface area contributed by atoms with Gasteiger partial charge in [0.15, 0.2) is 0 Å². The highest BCUT2D eigenvalue weighted by Crippen LogP contribution is 1.95. The minimum absolute atomic E-state index is 0.0914. The molecule has 0 spiro atoms. The molecule has 0 radical (unpaired) electrons. The van der Waals surface area contributed by atoms with E-state index in [2.05, 4.69) is 12.2 Å². The van der Waals surface area contributed by atoms with Gasteiger partial charge in [-0.2, -0.15) is 0 Å². The molecule has 1 saturated heterocycles. The van der Waals surface area contributed by atoms with E-state index in [0.717, 1.165) is 0 Å². The second-order valence-corrected chi connectivity index (χ2v) is 1.97. The van der Waals surface area contributed by atoms with Gasteiger partial charge in [0.25, 0.3) is 5.91 Å². The number of hydrogen-bond donors (Lipinski definition) is 1. The summed E-state index contributed by atoms with van der Waals surface area (Å²) < 4.78 is 0. The van der Waals surface area contributed by atoms with E-state index >= 15 is 0 Å². The number of amides is 2. The lowest BCUT2D eigenvalue weighted by Crippen LogP contribution is -2.21. The van der Waals surface area contributed by atoms with E-state index in [-0.39, 0.29) is 17.2 Å². The summed E-state index contributed by atoms with van der Waals surface area (Å²) in [6.45, 7) is 0. The third-order valence-corrected chi connectivity index (χ3v) is 1.16. The summed E-state index contributed by atoms with van der Waals surface area (Å²) in [7, 11) is 0. The number of thiocarbonyl (C=S) groups is 1. The van der Waals surface area contributed by atoms with E-state index in [1.807, 2.05) is 5.32 Å². The number of imide groups is 1. The monoisotopic (exact) mass is 129 g/mol. The molecule has 3 nitrogen and oxygen atoms in total. The van der Waals surface area contributed by atoms with E-state index in [4.69, 9.17) is 0 Å². The molecular weight excluding hydrogens is 126 g/mol. The van der Waals surface area contributed by atoms with Crippen LogP contribution in [0.2, 0.25) is 0 Å². The molecular formula is C4H3NO2S. The summed E-state index contributed by atoms with van der Waals surface area (Å²) in [5, 5.41) is 2.05. The van der Waals surface area contributed by atoms with Gasteiger partial charge in [-0.15, -0.1) is 0 Å². The van der Waals surface area contributed by atoms with Crippen LogP contribution in [0.15, 0.2) is 0 Å². The van der Waals surface area contributed by atoms with Crippen LogP contribution in [0.25, 0.3) is 0 Å². The Morgan fingerprint density at radius 3 is 2.25 bits per heavy atom. The minimum Gasteiger partial charge on any atom is -0.292 e. The average molecular weight is 129 g/mol. The zero-order chi connectivity index (χ0) is 6.15. The van der Waals surface area contributed by atoms with Gasteiger partial charge in [-0.1, -0.05) is 12.2 Å². The Labute approximate surface area is 51.1 Å². The normalized spacial score (nSPS) is 19.2. The van der Waals surface area contributed by atoms with Crippen LogP contribution >= 0.6 is 12.2 Å². The standard InChI is InChI=1S/C4H3NO2S/c6-3-1-2(8)4(7)5-3/h1H2,(H,5,6,7).